The summed E-state index contributed by atoms with van der Waals surface area (Å²) in [6.07, 6.45) is 0. The van der Waals surface area contributed by atoms with E-state index in [4.69, 9.17) is 4.74 Å². The molecular weight excluding hydrogens is 354 g/mol. The number of nitrogens with one attached hydrogen (secondary N) is 3. The minimum absolute atomic E-state index is 0.102. The number of carbonyl (C=O) groups excluding carboxylic acids is 1. The van der Waals surface area contributed by atoms with Crippen molar-refractivity contribution in [2.45, 2.75) is 6.92 Å². The van der Waals surface area contributed by atoms with E-state index < -0.39 is 0 Å². The minimum atomic E-state index is -0.102. The lowest BCUT2D eigenvalue weighted by Gasteiger charge is -2.11. The highest BCUT2D eigenvalue weighted by Gasteiger charge is 2.05. The number of ether oxygens (including phenoxy) is 1. The molecule has 7 heteroatoms. The molecular formula is C21H23N5O2. The minimum Gasteiger partial charge on any atom is -0.497 e. The molecule has 0 aliphatic carbocycles. The van der Waals surface area contributed by atoms with Gasteiger partial charge in [0, 0.05) is 36.1 Å². The third-order valence-electron chi connectivity index (χ3n) is 3.95. The molecule has 2 aromatic carbocycles. The molecule has 0 spiro atoms. The van der Waals surface area contributed by atoms with Gasteiger partial charge in [0.15, 0.2) is 0 Å². The Kier molecular flexibility index (Phi) is 6.41. The third-order valence-corrected chi connectivity index (χ3v) is 3.95. The maximum Gasteiger partial charge on any atom is 0.251 e. The van der Waals surface area contributed by atoms with Gasteiger partial charge in [0.05, 0.1) is 7.11 Å². The predicted octanol–water partition coefficient (Wildman–Crippen LogP) is 3.38. The molecule has 0 radical (unpaired) electrons. The fraction of sp³-hybridized carbons (Fsp3) is 0.190. The molecule has 28 heavy (non-hydrogen) atoms. The Balaban J connectivity index is 1.53. The zero-order valence-electron chi connectivity index (χ0n) is 15.9. The van der Waals surface area contributed by atoms with E-state index in [1.165, 1.54) is 0 Å². The second kappa shape index (κ2) is 9.36. The molecule has 3 rings (SSSR count). The van der Waals surface area contributed by atoms with Gasteiger partial charge in [0.2, 0.25) is 5.95 Å². The highest BCUT2D eigenvalue weighted by Crippen LogP contribution is 2.19. The first-order valence-electron chi connectivity index (χ1n) is 8.98. The van der Waals surface area contributed by atoms with Crippen LogP contribution in [0.25, 0.3) is 0 Å². The van der Waals surface area contributed by atoms with E-state index in [2.05, 4.69) is 25.9 Å². The normalized spacial score (nSPS) is 10.2. The summed E-state index contributed by atoms with van der Waals surface area (Å²) in [6, 6.07) is 18.6. The zero-order chi connectivity index (χ0) is 19.8. The number of rotatable bonds is 8. The van der Waals surface area contributed by atoms with Crippen LogP contribution in [0, 0.1) is 6.92 Å². The molecule has 0 bridgehead atoms. The van der Waals surface area contributed by atoms with Crippen LogP contribution in [0.2, 0.25) is 0 Å². The summed E-state index contributed by atoms with van der Waals surface area (Å²) in [7, 11) is 1.64. The molecule has 144 valence electrons. The van der Waals surface area contributed by atoms with Crippen molar-refractivity contribution in [1.82, 2.24) is 15.3 Å². The molecule has 0 saturated carbocycles. The van der Waals surface area contributed by atoms with Crippen molar-refractivity contribution in [1.29, 1.82) is 0 Å². The Morgan fingerprint density at radius 3 is 2.46 bits per heavy atom. The molecule has 1 heterocycles. The van der Waals surface area contributed by atoms with E-state index in [0.29, 0.717) is 30.4 Å². The van der Waals surface area contributed by atoms with Gasteiger partial charge in [0.1, 0.15) is 11.6 Å². The van der Waals surface area contributed by atoms with Gasteiger partial charge in [0.25, 0.3) is 5.91 Å². The number of amides is 1. The first-order valence-corrected chi connectivity index (χ1v) is 8.98. The van der Waals surface area contributed by atoms with Crippen LogP contribution in [0.1, 0.15) is 16.1 Å². The van der Waals surface area contributed by atoms with E-state index in [1.54, 1.807) is 19.2 Å². The molecule has 0 aliphatic heterocycles. The van der Waals surface area contributed by atoms with E-state index in [-0.39, 0.29) is 5.91 Å². The van der Waals surface area contributed by atoms with Crippen LogP contribution in [-0.2, 0) is 0 Å². The lowest BCUT2D eigenvalue weighted by molar-refractivity contribution is 0.0955. The lowest BCUT2D eigenvalue weighted by atomic mass is 10.2. The monoisotopic (exact) mass is 377 g/mol. The average molecular weight is 377 g/mol. The molecule has 0 aliphatic rings. The van der Waals surface area contributed by atoms with Crippen molar-refractivity contribution in [3.05, 3.63) is 71.9 Å². The van der Waals surface area contributed by atoms with Crippen LogP contribution in [0.5, 0.6) is 5.75 Å². The van der Waals surface area contributed by atoms with Gasteiger partial charge in [-0.15, -0.1) is 0 Å². The molecule has 0 unspecified atom stereocenters. The summed E-state index contributed by atoms with van der Waals surface area (Å²) in [6.45, 7) is 2.89. The number of nitrogens with zero attached hydrogens (tertiary/aromatic N) is 2. The van der Waals surface area contributed by atoms with E-state index in [9.17, 15) is 4.79 Å². The Labute approximate surface area is 164 Å². The Morgan fingerprint density at radius 2 is 1.75 bits per heavy atom. The average Bonchev–Trinajstić information content (AvgIpc) is 2.72. The van der Waals surface area contributed by atoms with Gasteiger partial charge >= 0.3 is 0 Å². The Morgan fingerprint density at radius 1 is 1.00 bits per heavy atom. The highest BCUT2D eigenvalue weighted by atomic mass is 16.5. The molecule has 1 aromatic heterocycles. The number of benzene rings is 2. The van der Waals surface area contributed by atoms with Crippen LogP contribution in [0.3, 0.4) is 0 Å². The van der Waals surface area contributed by atoms with E-state index in [1.807, 2.05) is 55.5 Å². The second-order valence-corrected chi connectivity index (χ2v) is 6.12. The van der Waals surface area contributed by atoms with Gasteiger partial charge in [-0.25, -0.2) is 4.98 Å². The van der Waals surface area contributed by atoms with Gasteiger partial charge in [-0.2, -0.15) is 4.98 Å². The molecule has 7 nitrogen and oxygen atoms in total. The van der Waals surface area contributed by atoms with Crippen molar-refractivity contribution >= 4 is 23.4 Å². The fourth-order valence-electron chi connectivity index (χ4n) is 2.58. The van der Waals surface area contributed by atoms with Crippen LogP contribution in [0.4, 0.5) is 17.5 Å². The van der Waals surface area contributed by atoms with Crippen molar-refractivity contribution in [2.75, 3.05) is 30.8 Å². The molecule has 3 N–H and O–H groups in total. The number of aromatic nitrogens is 2. The van der Waals surface area contributed by atoms with Gasteiger partial charge in [-0.3, -0.25) is 4.79 Å². The van der Waals surface area contributed by atoms with Crippen molar-refractivity contribution in [2.24, 2.45) is 0 Å². The predicted molar refractivity (Wildman–Crippen MR) is 110 cm³/mol. The largest absolute Gasteiger partial charge is 0.497 e. The lowest BCUT2D eigenvalue weighted by Crippen LogP contribution is -2.29. The third kappa shape index (κ3) is 5.44. The van der Waals surface area contributed by atoms with Crippen molar-refractivity contribution in [3.8, 4) is 5.75 Å². The molecule has 1 amide bonds. The Hall–Kier alpha value is -3.61. The van der Waals surface area contributed by atoms with E-state index >= 15 is 0 Å². The van der Waals surface area contributed by atoms with Crippen LogP contribution in [0.15, 0.2) is 60.7 Å². The number of hydrogen-bond donors (Lipinski definition) is 3. The highest BCUT2D eigenvalue weighted by molar-refractivity contribution is 5.94. The summed E-state index contributed by atoms with van der Waals surface area (Å²) in [4.78, 5) is 20.9. The smallest absolute Gasteiger partial charge is 0.251 e. The summed E-state index contributed by atoms with van der Waals surface area (Å²) in [5, 5.41) is 9.25. The quantitative estimate of drug-likeness (QED) is 0.522. The SMILES string of the molecule is COc1ccc(Nc2cc(C)nc(NCCNC(=O)c3ccccc3)n2)cc1. The standard InChI is InChI=1S/C21H23N5O2/c1-15-14-19(25-17-8-10-18(28-2)11-9-17)26-21(24-15)23-13-12-22-20(27)16-6-4-3-5-7-16/h3-11,14H,12-13H2,1-2H3,(H,22,27)(H2,23,24,25,26). The van der Waals surface area contributed by atoms with Gasteiger partial charge in [-0.05, 0) is 43.3 Å². The summed E-state index contributed by atoms with van der Waals surface area (Å²) in [5.41, 5.74) is 2.38. The molecule has 3 aromatic rings. The Bertz CT molecular complexity index is 914. The van der Waals surface area contributed by atoms with Crippen LogP contribution >= 0.6 is 0 Å². The van der Waals surface area contributed by atoms with Crippen LogP contribution < -0.4 is 20.7 Å². The number of methoxy groups -OCH3 is 1. The zero-order valence-corrected chi connectivity index (χ0v) is 15.9. The van der Waals surface area contributed by atoms with Gasteiger partial charge in [-0.1, -0.05) is 18.2 Å². The first kappa shape index (κ1) is 19.2. The topological polar surface area (TPSA) is 88.2 Å². The number of carbonyl (C=O) groups is 1. The summed E-state index contributed by atoms with van der Waals surface area (Å²) >= 11 is 0. The van der Waals surface area contributed by atoms with E-state index in [0.717, 1.165) is 17.1 Å². The van der Waals surface area contributed by atoms with Crippen molar-refractivity contribution < 1.29 is 9.53 Å². The summed E-state index contributed by atoms with van der Waals surface area (Å²) in [5.74, 6) is 1.89. The van der Waals surface area contributed by atoms with Crippen molar-refractivity contribution in [3.63, 3.8) is 0 Å². The fourth-order valence-corrected chi connectivity index (χ4v) is 2.58. The summed E-state index contributed by atoms with van der Waals surface area (Å²) < 4.78 is 5.16. The number of hydrogen-bond acceptors (Lipinski definition) is 6. The maximum atomic E-state index is 12.0. The molecule has 0 saturated heterocycles. The molecule has 0 fully saturated rings. The first-order chi connectivity index (χ1) is 13.6. The van der Waals surface area contributed by atoms with Gasteiger partial charge < -0.3 is 20.7 Å². The maximum absolute atomic E-state index is 12.0. The van der Waals surface area contributed by atoms with Crippen LogP contribution in [-0.4, -0.2) is 36.1 Å². The number of aryl methyl sites for hydroxylation is 1. The second-order valence-electron chi connectivity index (χ2n) is 6.12. The number of anilines is 3. The molecule has 0 atom stereocenters.